The average molecular weight is 274 g/mol. The molecule has 0 atom stereocenters. The van der Waals surface area contributed by atoms with Crippen LogP contribution in [0.15, 0.2) is 30.5 Å². The van der Waals surface area contributed by atoms with Crippen molar-refractivity contribution in [1.29, 1.82) is 0 Å². The number of fused-ring (bicyclic) bond motifs is 1. The number of aromatic amines is 1. The number of carboxylic acid groups (broad SMARTS) is 1. The van der Waals surface area contributed by atoms with Crippen molar-refractivity contribution in [3.05, 3.63) is 36.0 Å². The van der Waals surface area contributed by atoms with Crippen molar-refractivity contribution in [2.75, 3.05) is 0 Å². The van der Waals surface area contributed by atoms with Crippen molar-refractivity contribution < 1.29 is 14.7 Å². The quantitative estimate of drug-likeness (QED) is 0.780. The summed E-state index contributed by atoms with van der Waals surface area (Å²) in [6.07, 6.45) is 2.73. The summed E-state index contributed by atoms with van der Waals surface area (Å²) in [7, 11) is 0. The summed E-state index contributed by atoms with van der Waals surface area (Å²) >= 11 is 0. The highest BCUT2D eigenvalue weighted by Gasteiger charge is 2.28. The zero-order chi connectivity index (χ0) is 14.8. The van der Waals surface area contributed by atoms with Crippen LogP contribution in [0.3, 0.4) is 0 Å². The first-order chi connectivity index (χ1) is 9.40. The van der Waals surface area contributed by atoms with Crippen molar-refractivity contribution in [3.63, 3.8) is 0 Å². The molecule has 1 heterocycles. The van der Waals surface area contributed by atoms with Gasteiger partial charge < -0.3 is 15.4 Å². The van der Waals surface area contributed by atoms with E-state index in [1.54, 1.807) is 0 Å². The maximum atomic E-state index is 11.8. The van der Waals surface area contributed by atoms with E-state index in [1.165, 1.54) is 13.8 Å². The monoisotopic (exact) mass is 274 g/mol. The second kappa shape index (κ2) is 5.36. The molecule has 0 saturated heterocycles. The molecule has 106 valence electrons. The number of aryl methyl sites for hydroxylation is 1. The first kappa shape index (κ1) is 14.1. The molecule has 0 aliphatic heterocycles. The Morgan fingerprint density at radius 1 is 1.30 bits per heavy atom. The van der Waals surface area contributed by atoms with E-state index in [9.17, 15) is 9.59 Å². The van der Waals surface area contributed by atoms with Gasteiger partial charge in [-0.25, -0.2) is 4.79 Å². The molecule has 0 fully saturated rings. The Morgan fingerprint density at radius 2 is 2.00 bits per heavy atom. The van der Waals surface area contributed by atoms with E-state index in [2.05, 4.69) is 10.3 Å². The van der Waals surface area contributed by atoms with E-state index in [0.29, 0.717) is 6.42 Å². The topological polar surface area (TPSA) is 82.2 Å². The number of hydrogen-bond donors (Lipinski definition) is 3. The van der Waals surface area contributed by atoms with Crippen LogP contribution in [-0.2, 0) is 16.0 Å². The third-order valence-electron chi connectivity index (χ3n) is 3.28. The number of H-pyrrole nitrogens is 1. The molecule has 20 heavy (non-hydrogen) atoms. The van der Waals surface area contributed by atoms with Gasteiger partial charge in [0.15, 0.2) is 0 Å². The first-order valence-corrected chi connectivity index (χ1v) is 6.49. The zero-order valence-electron chi connectivity index (χ0n) is 11.6. The molecule has 0 bridgehead atoms. The fourth-order valence-electron chi connectivity index (χ4n) is 2.05. The van der Waals surface area contributed by atoms with Gasteiger partial charge in [-0.15, -0.1) is 0 Å². The lowest BCUT2D eigenvalue weighted by atomic mass is 10.0. The average Bonchev–Trinajstić information content (AvgIpc) is 2.79. The molecular formula is C15H18N2O3. The van der Waals surface area contributed by atoms with E-state index < -0.39 is 11.5 Å². The normalized spacial score (nSPS) is 11.5. The van der Waals surface area contributed by atoms with E-state index in [4.69, 9.17) is 5.11 Å². The molecule has 0 aliphatic carbocycles. The Hall–Kier alpha value is -2.30. The maximum absolute atomic E-state index is 11.8. The Morgan fingerprint density at radius 3 is 2.70 bits per heavy atom. The van der Waals surface area contributed by atoms with E-state index in [0.717, 1.165) is 16.5 Å². The number of carbonyl (C=O) groups is 2. The van der Waals surface area contributed by atoms with Crippen LogP contribution in [0.2, 0.25) is 0 Å². The molecule has 0 unspecified atom stereocenters. The van der Waals surface area contributed by atoms with Gasteiger partial charge in [-0.05, 0) is 31.9 Å². The van der Waals surface area contributed by atoms with Crippen LogP contribution in [0.1, 0.15) is 25.8 Å². The van der Waals surface area contributed by atoms with E-state index in [1.807, 2.05) is 30.5 Å². The molecule has 1 amide bonds. The van der Waals surface area contributed by atoms with Crippen LogP contribution in [0.5, 0.6) is 0 Å². The summed E-state index contributed by atoms with van der Waals surface area (Å²) in [5.74, 6) is -1.30. The maximum Gasteiger partial charge on any atom is 0.328 e. The number of carbonyl (C=O) groups excluding carboxylic acids is 1. The third kappa shape index (κ3) is 2.99. The highest BCUT2D eigenvalue weighted by atomic mass is 16.4. The number of para-hydroxylation sites is 1. The standard InChI is InChI=1S/C15H18N2O3/c1-15(2,14(19)20)17-13(18)8-7-10-9-16-12-6-4-3-5-11(10)12/h3-6,9,16H,7-8H2,1-2H3,(H,17,18)(H,19,20). The van der Waals surface area contributed by atoms with Crippen molar-refractivity contribution in [3.8, 4) is 0 Å². The van der Waals surface area contributed by atoms with Crippen molar-refractivity contribution in [1.82, 2.24) is 10.3 Å². The van der Waals surface area contributed by atoms with E-state index >= 15 is 0 Å². The van der Waals surface area contributed by atoms with Crippen LogP contribution < -0.4 is 5.32 Å². The fraction of sp³-hybridized carbons (Fsp3) is 0.333. The van der Waals surface area contributed by atoms with Gasteiger partial charge in [-0.3, -0.25) is 4.79 Å². The molecule has 2 aromatic rings. The minimum atomic E-state index is -1.24. The van der Waals surface area contributed by atoms with Gasteiger partial charge in [0.1, 0.15) is 5.54 Å². The number of hydrogen-bond acceptors (Lipinski definition) is 2. The minimum absolute atomic E-state index is 0.261. The van der Waals surface area contributed by atoms with Crippen LogP contribution in [0.4, 0.5) is 0 Å². The number of benzene rings is 1. The van der Waals surface area contributed by atoms with Gasteiger partial charge in [0.05, 0.1) is 0 Å². The van der Waals surface area contributed by atoms with Gasteiger partial charge in [0.2, 0.25) is 5.91 Å². The smallest absolute Gasteiger partial charge is 0.328 e. The van der Waals surface area contributed by atoms with Gasteiger partial charge in [-0.1, -0.05) is 18.2 Å². The molecule has 5 heteroatoms. The molecule has 3 N–H and O–H groups in total. The minimum Gasteiger partial charge on any atom is -0.480 e. The molecule has 1 aromatic carbocycles. The molecule has 2 rings (SSSR count). The SMILES string of the molecule is CC(C)(NC(=O)CCc1c[nH]c2ccccc12)C(=O)O. The highest BCUT2D eigenvalue weighted by molar-refractivity contribution is 5.87. The van der Waals surface area contributed by atoms with Gasteiger partial charge >= 0.3 is 5.97 Å². The molecular weight excluding hydrogens is 256 g/mol. The molecule has 0 radical (unpaired) electrons. The van der Waals surface area contributed by atoms with Crippen LogP contribution in [-0.4, -0.2) is 27.5 Å². The zero-order valence-corrected chi connectivity index (χ0v) is 11.6. The number of rotatable bonds is 5. The highest BCUT2D eigenvalue weighted by Crippen LogP contribution is 2.19. The summed E-state index contributed by atoms with van der Waals surface area (Å²) in [6, 6.07) is 7.88. The van der Waals surface area contributed by atoms with Crippen LogP contribution >= 0.6 is 0 Å². The van der Waals surface area contributed by atoms with E-state index in [-0.39, 0.29) is 12.3 Å². The Balaban J connectivity index is 1.99. The molecule has 0 aliphatic rings. The van der Waals surface area contributed by atoms with Gasteiger partial charge in [-0.2, -0.15) is 0 Å². The number of nitrogens with one attached hydrogen (secondary N) is 2. The first-order valence-electron chi connectivity index (χ1n) is 6.49. The van der Waals surface area contributed by atoms with Gasteiger partial charge in [0.25, 0.3) is 0 Å². The Labute approximate surface area is 117 Å². The summed E-state index contributed by atoms with van der Waals surface area (Å²) in [5.41, 5.74) is 0.856. The Kier molecular flexibility index (Phi) is 3.79. The second-order valence-corrected chi connectivity index (χ2v) is 5.34. The lowest BCUT2D eigenvalue weighted by Gasteiger charge is -2.20. The van der Waals surface area contributed by atoms with Crippen molar-refractivity contribution in [2.45, 2.75) is 32.2 Å². The summed E-state index contributed by atoms with van der Waals surface area (Å²) in [4.78, 5) is 25.9. The van der Waals surface area contributed by atoms with Crippen molar-refractivity contribution in [2.24, 2.45) is 0 Å². The van der Waals surface area contributed by atoms with Crippen LogP contribution in [0.25, 0.3) is 10.9 Å². The molecule has 1 aromatic heterocycles. The number of aliphatic carboxylic acids is 1. The number of amides is 1. The van der Waals surface area contributed by atoms with Gasteiger partial charge in [0, 0.05) is 23.5 Å². The molecule has 5 nitrogen and oxygen atoms in total. The molecule has 0 saturated carbocycles. The number of aromatic nitrogens is 1. The predicted molar refractivity (Wildman–Crippen MR) is 76.5 cm³/mol. The summed E-state index contributed by atoms with van der Waals surface area (Å²) in [5, 5.41) is 12.6. The Bertz CT molecular complexity index is 643. The molecule has 0 spiro atoms. The largest absolute Gasteiger partial charge is 0.480 e. The summed E-state index contributed by atoms with van der Waals surface area (Å²) in [6.45, 7) is 2.94. The lowest BCUT2D eigenvalue weighted by molar-refractivity contribution is -0.146. The third-order valence-corrected chi connectivity index (χ3v) is 3.28. The number of carboxylic acids is 1. The lowest BCUT2D eigenvalue weighted by Crippen LogP contribution is -2.49. The second-order valence-electron chi connectivity index (χ2n) is 5.34. The summed E-state index contributed by atoms with van der Waals surface area (Å²) < 4.78 is 0. The fourth-order valence-corrected chi connectivity index (χ4v) is 2.05. The predicted octanol–water partition coefficient (Wildman–Crippen LogP) is 2.08. The van der Waals surface area contributed by atoms with Crippen LogP contribution in [0, 0.1) is 0 Å². The van der Waals surface area contributed by atoms with Crippen molar-refractivity contribution >= 4 is 22.8 Å².